The first-order chi connectivity index (χ1) is 7.20. The van der Waals surface area contributed by atoms with Gasteiger partial charge in [0.05, 0.1) is 19.8 Å². The van der Waals surface area contributed by atoms with Crippen LogP contribution in [-0.4, -0.2) is 37.8 Å². The number of rotatable bonds is 6. The van der Waals surface area contributed by atoms with Crippen molar-refractivity contribution in [3.63, 3.8) is 0 Å². The van der Waals surface area contributed by atoms with Crippen LogP contribution >= 0.6 is 0 Å². The molecule has 0 saturated heterocycles. The molecule has 2 atom stereocenters. The quantitative estimate of drug-likeness (QED) is 0.554. The molecule has 0 fully saturated rings. The largest absolute Gasteiger partial charge is 0.322 e. The Morgan fingerprint density at radius 2 is 1.19 bits per heavy atom. The van der Waals surface area contributed by atoms with E-state index in [1.54, 1.807) is 7.74 Å². The third-order valence-electron chi connectivity index (χ3n) is 2.95. The molecule has 0 aromatic carbocycles. The zero-order valence-corrected chi connectivity index (χ0v) is 10.9. The van der Waals surface area contributed by atoms with Gasteiger partial charge in [0.25, 0.3) is 6.60 Å². The van der Waals surface area contributed by atoms with Crippen LogP contribution in [0.2, 0.25) is 0 Å². The van der Waals surface area contributed by atoms with Crippen LogP contribution in [-0.2, 0) is 9.59 Å². The van der Waals surface area contributed by atoms with Crippen LogP contribution in [0.3, 0.4) is 0 Å². The SMILES string of the molecule is BB(C(=O)[C@@H](N)C(C)C)C(=O)[C@@H](N)C(C)C. The summed E-state index contributed by atoms with van der Waals surface area (Å²) >= 11 is 0. The number of nitrogens with two attached hydrogens (primary N) is 2. The van der Waals surface area contributed by atoms with Crippen molar-refractivity contribution in [2.24, 2.45) is 23.3 Å². The molecule has 0 spiro atoms. The van der Waals surface area contributed by atoms with Crippen LogP contribution in [0.1, 0.15) is 27.7 Å². The number of carbonyl (C=O) groups is 2. The van der Waals surface area contributed by atoms with E-state index in [0.717, 1.165) is 0 Å². The lowest BCUT2D eigenvalue weighted by atomic mass is 9.26. The van der Waals surface area contributed by atoms with Gasteiger partial charge in [-0.05, 0) is 11.8 Å². The fraction of sp³-hybridized carbons (Fsp3) is 0.800. The predicted octanol–water partition coefficient (Wildman–Crippen LogP) is -1.21. The van der Waals surface area contributed by atoms with Crippen LogP contribution in [0.25, 0.3) is 0 Å². The van der Waals surface area contributed by atoms with Gasteiger partial charge in [0, 0.05) is 0 Å². The minimum Gasteiger partial charge on any atom is -0.322 e. The fourth-order valence-electron chi connectivity index (χ4n) is 1.37. The van der Waals surface area contributed by atoms with Gasteiger partial charge in [0.2, 0.25) is 0 Å². The molecule has 4 N–H and O–H groups in total. The molecule has 4 nitrogen and oxygen atoms in total. The highest BCUT2D eigenvalue weighted by molar-refractivity contribution is 7.36. The van der Waals surface area contributed by atoms with E-state index >= 15 is 0 Å². The minimum absolute atomic E-state index is 0.0398. The van der Waals surface area contributed by atoms with Crippen LogP contribution in [0, 0.1) is 11.8 Å². The summed E-state index contributed by atoms with van der Waals surface area (Å²) in [7, 11) is 1.59. The van der Waals surface area contributed by atoms with Gasteiger partial charge in [-0.2, -0.15) is 0 Å². The van der Waals surface area contributed by atoms with Crippen molar-refractivity contribution in [3.8, 4) is 0 Å². The number of hydrogen-bond acceptors (Lipinski definition) is 4. The molecule has 16 heavy (non-hydrogen) atoms. The van der Waals surface area contributed by atoms with Crippen LogP contribution < -0.4 is 11.5 Å². The zero-order chi connectivity index (χ0) is 13.0. The molecule has 0 rings (SSSR count). The summed E-state index contributed by atoms with van der Waals surface area (Å²) in [5, 5.41) is 0. The smallest absolute Gasteiger partial charge is 0.266 e. The molecule has 6 heteroatoms. The van der Waals surface area contributed by atoms with Crippen molar-refractivity contribution in [2.45, 2.75) is 39.8 Å². The number of carbonyl (C=O) groups excluding carboxylic acids is 2. The lowest BCUT2D eigenvalue weighted by molar-refractivity contribution is -0.117. The standard InChI is InChI=1S/C10H22B2N2O2/c1-5(2)7(13)9(15)12(11)10(16)8(14)6(3)4/h5-8H,11,13-14H2,1-4H3/t7-,8-/m0/s1. The third kappa shape index (κ3) is 3.76. The highest BCUT2D eigenvalue weighted by Gasteiger charge is 2.34. The second-order valence-corrected chi connectivity index (χ2v) is 5.07. The zero-order valence-electron chi connectivity index (χ0n) is 10.9. The summed E-state index contributed by atoms with van der Waals surface area (Å²) in [5.41, 5.74) is 11.0. The van der Waals surface area contributed by atoms with Crippen LogP contribution in [0.5, 0.6) is 0 Å². The van der Waals surface area contributed by atoms with Crippen molar-refractivity contribution in [2.75, 3.05) is 0 Å². The van der Waals surface area contributed by atoms with E-state index in [0.29, 0.717) is 0 Å². The lowest BCUT2D eigenvalue weighted by Crippen LogP contribution is -2.54. The van der Waals surface area contributed by atoms with Crippen molar-refractivity contribution in [1.29, 1.82) is 0 Å². The molecule has 0 aliphatic carbocycles. The molecule has 0 amide bonds. The van der Waals surface area contributed by atoms with E-state index in [1.807, 2.05) is 27.7 Å². The van der Waals surface area contributed by atoms with Gasteiger partial charge in [0.15, 0.2) is 0 Å². The van der Waals surface area contributed by atoms with Gasteiger partial charge in [-0.1, -0.05) is 27.7 Å². The van der Waals surface area contributed by atoms with Crippen molar-refractivity contribution < 1.29 is 9.59 Å². The summed E-state index contributed by atoms with van der Waals surface area (Å²) in [6, 6.07) is -1.17. The molecular weight excluding hydrogens is 202 g/mol. The van der Waals surface area contributed by atoms with E-state index in [4.69, 9.17) is 11.5 Å². The Balaban J connectivity index is 4.62. The molecule has 0 unspecified atom stereocenters. The molecule has 0 aliphatic rings. The lowest BCUT2D eigenvalue weighted by Gasteiger charge is -2.21. The normalized spacial score (nSPS) is 15.0. The van der Waals surface area contributed by atoms with Gasteiger partial charge in [0.1, 0.15) is 11.4 Å². The maximum Gasteiger partial charge on any atom is 0.266 e. The van der Waals surface area contributed by atoms with E-state index in [9.17, 15) is 9.59 Å². The summed E-state index contributed by atoms with van der Waals surface area (Å²) < 4.78 is 0. The average molecular weight is 224 g/mol. The topological polar surface area (TPSA) is 86.2 Å². The summed E-state index contributed by atoms with van der Waals surface area (Å²) in [6.07, 6.45) is 0. The van der Waals surface area contributed by atoms with Gasteiger partial charge in [-0.3, -0.25) is 0 Å². The summed E-state index contributed by atoms with van der Waals surface area (Å²) in [4.78, 5) is 23.7. The third-order valence-corrected chi connectivity index (χ3v) is 2.95. The van der Waals surface area contributed by atoms with Crippen molar-refractivity contribution in [3.05, 3.63) is 0 Å². The Hall–Kier alpha value is -0.610. The first-order valence-corrected chi connectivity index (χ1v) is 5.78. The molecule has 0 heterocycles. The van der Waals surface area contributed by atoms with Gasteiger partial charge < -0.3 is 21.1 Å². The highest BCUT2D eigenvalue weighted by Crippen LogP contribution is 2.05. The molecular formula is C10H22B2N2O2. The highest BCUT2D eigenvalue weighted by atomic mass is 16.1. The first kappa shape index (κ1) is 15.4. The Morgan fingerprint density at radius 1 is 0.938 bits per heavy atom. The Morgan fingerprint density at radius 3 is 1.38 bits per heavy atom. The van der Waals surface area contributed by atoms with Crippen LogP contribution in [0.15, 0.2) is 0 Å². The monoisotopic (exact) mass is 224 g/mol. The van der Waals surface area contributed by atoms with E-state index in [1.165, 1.54) is 0 Å². The summed E-state index contributed by atoms with van der Waals surface area (Å²) in [6.45, 7) is 6.75. The van der Waals surface area contributed by atoms with Crippen LogP contribution in [0.4, 0.5) is 0 Å². The van der Waals surface area contributed by atoms with Crippen molar-refractivity contribution in [1.82, 2.24) is 0 Å². The second-order valence-electron chi connectivity index (χ2n) is 5.07. The number of hydrogen-bond donors (Lipinski definition) is 2. The van der Waals surface area contributed by atoms with Gasteiger partial charge in [-0.15, -0.1) is 0 Å². The maximum atomic E-state index is 11.9. The summed E-state index contributed by atoms with van der Waals surface area (Å²) in [5.74, 6) is 0.0797. The molecule has 0 saturated carbocycles. The van der Waals surface area contributed by atoms with E-state index in [2.05, 4.69) is 0 Å². The van der Waals surface area contributed by atoms with Crippen molar-refractivity contribution >= 4 is 25.7 Å². The Bertz CT molecular complexity index is 244. The Labute approximate surface area is 99.0 Å². The molecule has 0 bridgehead atoms. The first-order valence-electron chi connectivity index (χ1n) is 5.78. The van der Waals surface area contributed by atoms with Gasteiger partial charge in [-0.25, -0.2) is 0 Å². The Kier molecular flexibility index (Phi) is 5.97. The molecule has 90 valence electrons. The minimum atomic E-state index is -0.699. The van der Waals surface area contributed by atoms with E-state index < -0.39 is 18.7 Å². The molecule has 0 radical (unpaired) electrons. The average Bonchev–Trinajstić information content (AvgIpc) is 2.23. The molecule has 0 aromatic rings. The molecule has 0 aliphatic heterocycles. The van der Waals surface area contributed by atoms with E-state index in [-0.39, 0.29) is 23.2 Å². The molecule has 0 aromatic heterocycles. The second kappa shape index (κ2) is 6.21. The maximum absolute atomic E-state index is 11.9. The fourth-order valence-corrected chi connectivity index (χ4v) is 1.37. The van der Waals surface area contributed by atoms with Gasteiger partial charge >= 0.3 is 0 Å². The predicted molar refractivity (Wildman–Crippen MR) is 69.9 cm³/mol.